The Morgan fingerprint density at radius 3 is 2.56 bits per heavy atom. The molecule has 0 aliphatic heterocycles. The number of rotatable bonds is 4. The maximum Gasteiger partial charge on any atom is 0.323 e. The first kappa shape index (κ1) is 16.3. The molecule has 4 N–H and O–H groups in total. The lowest BCUT2D eigenvalue weighted by molar-refractivity contribution is 0.1000. The van der Waals surface area contributed by atoms with E-state index in [-0.39, 0.29) is 6.03 Å². The largest absolute Gasteiger partial charge is 0.366 e. The molecule has 0 unspecified atom stereocenters. The summed E-state index contributed by atoms with van der Waals surface area (Å²) in [5, 5.41) is 9.65. The minimum Gasteiger partial charge on any atom is -0.366 e. The molecule has 2 aromatic carbocycles. The molecule has 126 valence electrons. The van der Waals surface area contributed by atoms with Crippen LogP contribution in [0.15, 0.2) is 60.9 Å². The number of nitrogens with zero attached hydrogens (tertiary/aromatic N) is 2. The maximum atomic E-state index is 12.1. The van der Waals surface area contributed by atoms with E-state index in [0.29, 0.717) is 22.6 Å². The predicted octanol–water partition coefficient (Wildman–Crippen LogP) is 2.92. The summed E-state index contributed by atoms with van der Waals surface area (Å²) in [6, 6.07) is 13.9. The lowest BCUT2D eigenvalue weighted by Crippen LogP contribution is -2.19. The zero-order valence-corrected chi connectivity index (χ0v) is 13.6. The van der Waals surface area contributed by atoms with E-state index in [4.69, 9.17) is 5.73 Å². The van der Waals surface area contributed by atoms with Gasteiger partial charge in [-0.15, -0.1) is 0 Å². The van der Waals surface area contributed by atoms with Crippen molar-refractivity contribution in [2.24, 2.45) is 5.73 Å². The Bertz CT molecular complexity index is 932. The number of primary amides is 1. The van der Waals surface area contributed by atoms with Crippen LogP contribution in [0, 0.1) is 6.92 Å². The van der Waals surface area contributed by atoms with E-state index in [1.54, 1.807) is 35.1 Å². The molecule has 0 bridgehead atoms. The van der Waals surface area contributed by atoms with Crippen LogP contribution < -0.4 is 16.4 Å². The molecule has 0 saturated heterocycles. The molecule has 0 atom stereocenters. The Balaban J connectivity index is 1.70. The molecule has 0 radical (unpaired) electrons. The van der Waals surface area contributed by atoms with Crippen molar-refractivity contribution >= 4 is 23.3 Å². The van der Waals surface area contributed by atoms with Crippen molar-refractivity contribution in [1.29, 1.82) is 0 Å². The Labute approximate surface area is 144 Å². The van der Waals surface area contributed by atoms with Crippen molar-refractivity contribution < 1.29 is 9.59 Å². The van der Waals surface area contributed by atoms with E-state index >= 15 is 0 Å². The molecule has 0 aliphatic carbocycles. The molecule has 0 saturated carbocycles. The molecule has 3 rings (SSSR count). The predicted molar refractivity (Wildman–Crippen MR) is 95.9 cm³/mol. The number of hydrogen-bond donors (Lipinski definition) is 3. The monoisotopic (exact) mass is 335 g/mol. The minimum absolute atomic E-state index is 0.365. The smallest absolute Gasteiger partial charge is 0.323 e. The third-order valence-corrected chi connectivity index (χ3v) is 3.51. The van der Waals surface area contributed by atoms with E-state index in [1.165, 1.54) is 6.20 Å². The number of amides is 3. The highest BCUT2D eigenvalue weighted by Crippen LogP contribution is 2.14. The first-order valence-electron chi connectivity index (χ1n) is 7.61. The van der Waals surface area contributed by atoms with Crippen molar-refractivity contribution in [1.82, 2.24) is 9.78 Å². The number of nitrogens with one attached hydrogen (secondary N) is 2. The van der Waals surface area contributed by atoms with Gasteiger partial charge >= 0.3 is 6.03 Å². The van der Waals surface area contributed by atoms with Gasteiger partial charge in [-0.25, -0.2) is 9.48 Å². The van der Waals surface area contributed by atoms with Gasteiger partial charge in [-0.05, 0) is 42.8 Å². The number of aryl methyl sites for hydroxylation is 1. The van der Waals surface area contributed by atoms with Gasteiger partial charge in [0.1, 0.15) is 0 Å². The maximum absolute atomic E-state index is 12.1. The third-order valence-electron chi connectivity index (χ3n) is 3.51. The Kier molecular flexibility index (Phi) is 4.47. The lowest BCUT2D eigenvalue weighted by atomic mass is 10.2. The van der Waals surface area contributed by atoms with Crippen molar-refractivity contribution in [2.45, 2.75) is 6.92 Å². The van der Waals surface area contributed by atoms with E-state index in [9.17, 15) is 9.59 Å². The lowest BCUT2D eigenvalue weighted by Gasteiger charge is -2.06. The number of aromatic nitrogens is 2. The summed E-state index contributed by atoms with van der Waals surface area (Å²) in [6.07, 6.45) is 3.17. The van der Waals surface area contributed by atoms with Gasteiger partial charge in [0.15, 0.2) is 0 Å². The van der Waals surface area contributed by atoms with Crippen LogP contribution in [0.3, 0.4) is 0 Å². The number of hydrogen-bond acceptors (Lipinski definition) is 3. The highest BCUT2D eigenvalue weighted by Gasteiger charge is 2.07. The van der Waals surface area contributed by atoms with Crippen LogP contribution in [0.4, 0.5) is 16.2 Å². The summed E-state index contributed by atoms with van der Waals surface area (Å²) in [4.78, 5) is 23.3. The molecule has 25 heavy (non-hydrogen) atoms. The van der Waals surface area contributed by atoms with E-state index < -0.39 is 5.91 Å². The molecule has 0 fully saturated rings. The summed E-state index contributed by atoms with van der Waals surface area (Å²) in [7, 11) is 0. The molecule has 3 aromatic rings. The van der Waals surface area contributed by atoms with Crippen LogP contribution in [-0.2, 0) is 0 Å². The Morgan fingerprint density at radius 1 is 1.04 bits per heavy atom. The van der Waals surface area contributed by atoms with Gasteiger partial charge < -0.3 is 16.4 Å². The van der Waals surface area contributed by atoms with Gasteiger partial charge in [-0.1, -0.05) is 18.2 Å². The second-order valence-corrected chi connectivity index (χ2v) is 5.54. The summed E-state index contributed by atoms with van der Waals surface area (Å²) in [6.45, 7) is 1.95. The number of carbonyl (C=O) groups excluding carboxylic acids is 2. The number of anilines is 2. The minimum atomic E-state index is -0.509. The molecule has 1 aromatic heterocycles. The molecule has 0 spiro atoms. The zero-order chi connectivity index (χ0) is 17.8. The fourth-order valence-electron chi connectivity index (χ4n) is 2.35. The molecule has 7 heteroatoms. The second-order valence-electron chi connectivity index (χ2n) is 5.54. The van der Waals surface area contributed by atoms with Crippen LogP contribution in [0.1, 0.15) is 15.9 Å². The molecule has 0 aliphatic rings. The van der Waals surface area contributed by atoms with E-state index in [1.807, 2.05) is 31.2 Å². The number of nitrogens with two attached hydrogens (primary N) is 1. The first-order chi connectivity index (χ1) is 12.0. The van der Waals surface area contributed by atoms with Crippen LogP contribution >= 0.6 is 0 Å². The number of benzene rings is 2. The van der Waals surface area contributed by atoms with Crippen molar-refractivity contribution in [2.75, 3.05) is 10.6 Å². The van der Waals surface area contributed by atoms with Crippen LogP contribution in [-0.4, -0.2) is 21.7 Å². The molecular weight excluding hydrogens is 318 g/mol. The fraction of sp³-hybridized carbons (Fsp3) is 0.0556. The van der Waals surface area contributed by atoms with Gasteiger partial charge in [0.25, 0.3) is 0 Å². The highest BCUT2D eigenvalue weighted by atomic mass is 16.2. The van der Waals surface area contributed by atoms with Crippen molar-refractivity contribution in [3.05, 3.63) is 72.1 Å². The highest BCUT2D eigenvalue weighted by molar-refractivity contribution is 5.99. The van der Waals surface area contributed by atoms with Gasteiger partial charge in [0.2, 0.25) is 5.91 Å². The average molecular weight is 335 g/mol. The molecule has 7 nitrogen and oxygen atoms in total. The van der Waals surface area contributed by atoms with Crippen molar-refractivity contribution in [3.8, 4) is 5.69 Å². The Hall–Kier alpha value is -3.61. The second kappa shape index (κ2) is 6.88. The van der Waals surface area contributed by atoms with Crippen LogP contribution in [0.25, 0.3) is 5.69 Å². The third kappa shape index (κ3) is 4.03. The van der Waals surface area contributed by atoms with Crippen LogP contribution in [0.2, 0.25) is 0 Å². The molecule has 3 amide bonds. The van der Waals surface area contributed by atoms with E-state index in [2.05, 4.69) is 15.7 Å². The average Bonchev–Trinajstić information content (AvgIpc) is 3.03. The first-order valence-corrected chi connectivity index (χ1v) is 7.61. The topological polar surface area (TPSA) is 102 Å². The summed E-state index contributed by atoms with van der Waals surface area (Å²) in [5.41, 5.74) is 8.63. The molecular formula is C18H17N5O2. The van der Waals surface area contributed by atoms with Gasteiger partial charge in [0, 0.05) is 11.3 Å². The Morgan fingerprint density at radius 2 is 1.80 bits per heavy atom. The van der Waals surface area contributed by atoms with Crippen molar-refractivity contribution in [3.63, 3.8) is 0 Å². The van der Waals surface area contributed by atoms with Crippen LogP contribution in [0.5, 0.6) is 0 Å². The summed E-state index contributed by atoms with van der Waals surface area (Å²) >= 11 is 0. The van der Waals surface area contributed by atoms with Gasteiger partial charge in [0.05, 0.1) is 23.8 Å². The van der Waals surface area contributed by atoms with Gasteiger partial charge in [-0.2, -0.15) is 5.10 Å². The number of urea groups is 1. The SMILES string of the molecule is Cc1cccc(NC(=O)Nc2cnn(-c3cccc(C(N)=O)c3)c2)c1. The van der Waals surface area contributed by atoms with Gasteiger partial charge in [-0.3, -0.25) is 4.79 Å². The van der Waals surface area contributed by atoms with E-state index in [0.717, 1.165) is 5.56 Å². The quantitative estimate of drug-likeness (QED) is 0.683. The number of carbonyl (C=O) groups is 2. The zero-order valence-electron chi connectivity index (χ0n) is 13.6. The normalized spacial score (nSPS) is 10.3. The summed E-state index contributed by atoms with van der Waals surface area (Å²) in [5.74, 6) is -0.509. The summed E-state index contributed by atoms with van der Waals surface area (Å²) < 4.78 is 1.55. The fourth-order valence-corrected chi connectivity index (χ4v) is 2.35. The molecule has 1 heterocycles. The standard InChI is InChI=1S/C18H17N5O2/c1-12-4-2-6-14(8-12)21-18(25)22-15-10-20-23(11-15)16-7-3-5-13(9-16)17(19)24/h2-11H,1H3,(H2,19,24)(H2,21,22,25).